The Kier molecular flexibility index (Phi) is 4.12. The van der Waals surface area contributed by atoms with Crippen molar-refractivity contribution in [3.05, 3.63) is 82.6 Å². The number of nitrogens with zero attached hydrogens (tertiary/aromatic N) is 2. The summed E-state index contributed by atoms with van der Waals surface area (Å²) in [5.41, 5.74) is 5.40. The van der Waals surface area contributed by atoms with Gasteiger partial charge in [-0.3, -0.25) is 4.99 Å². The molecule has 0 amide bonds. The van der Waals surface area contributed by atoms with Gasteiger partial charge in [-0.2, -0.15) is 0 Å². The van der Waals surface area contributed by atoms with Crippen molar-refractivity contribution >= 4 is 23.5 Å². The van der Waals surface area contributed by atoms with Gasteiger partial charge in [0.05, 0.1) is 10.7 Å². The van der Waals surface area contributed by atoms with Gasteiger partial charge in [0.25, 0.3) is 0 Å². The minimum absolute atomic E-state index is 0.663. The van der Waals surface area contributed by atoms with Gasteiger partial charge >= 0.3 is 0 Å². The molecule has 3 aromatic rings. The van der Waals surface area contributed by atoms with E-state index in [0.717, 1.165) is 16.9 Å². The van der Waals surface area contributed by atoms with Crippen LogP contribution in [0.1, 0.15) is 17.0 Å². The lowest BCUT2D eigenvalue weighted by Crippen LogP contribution is -1.98. The van der Waals surface area contributed by atoms with Crippen LogP contribution in [0.2, 0.25) is 5.02 Å². The highest BCUT2D eigenvalue weighted by Gasteiger charge is 2.09. The van der Waals surface area contributed by atoms with Crippen molar-refractivity contribution < 1.29 is 0 Å². The minimum Gasteiger partial charge on any atom is -0.318 e. The molecule has 0 bridgehead atoms. The van der Waals surface area contributed by atoms with Gasteiger partial charge in [-0.1, -0.05) is 41.9 Å². The van der Waals surface area contributed by atoms with Crippen LogP contribution in [-0.2, 0) is 0 Å². The lowest BCUT2D eigenvalue weighted by Gasteiger charge is -2.08. The summed E-state index contributed by atoms with van der Waals surface area (Å²) in [7, 11) is 0. The summed E-state index contributed by atoms with van der Waals surface area (Å²) in [6.45, 7) is 4.21. The molecule has 1 heterocycles. The molecular weight excluding hydrogens is 292 g/mol. The molecule has 110 valence electrons. The van der Waals surface area contributed by atoms with Gasteiger partial charge in [0.1, 0.15) is 0 Å². The maximum atomic E-state index is 6.14. The molecule has 2 aromatic carbocycles. The Balaban J connectivity index is 1.99. The zero-order valence-electron chi connectivity index (χ0n) is 12.6. The van der Waals surface area contributed by atoms with Crippen LogP contribution in [0.5, 0.6) is 0 Å². The number of benzene rings is 2. The molecule has 0 aliphatic rings. The first-order chi connectivity index (χ1) is 10.7. The maximum absolute atomic E-state index is 6.14. The van der Waals surface area contributed by atoms with Crippen molar-refractivity contribution in [2.75, 3.05) is 0 Å². The van der Waals surface area contributed by atoms with Crippen molar-refractivity contribution in [1.82, 2.24) is 4.57 Å². The normalized spacial score (nSPS) is 11.2. The van der Waals surface area contributed by atoms with E-state index in [1.165, 1.54) is 11.4 Å². The van der Waals surface area contributed by atoms with Crippen LogP contribution in [0, 0.1) is 13.8 Å². The van der Waals surface area contributed by atoms with Crippen molar-refractivity contribution in [2.45, 2.75) is 13.8 Å². The second-order valence-corrected chi connectivity index (χ2v) is 5.61. The molecule has 0 spiro atoms. The first-order valence-corrected chi connectivity index (χ1v) is 7.57. The third-order valence-corrected chi connectivity index (χ3v) is 4.00. The molecular formula is C19H17ClN2. The number of aromatic nitrogens is 1. The van der Waals surface area contributed by atoms with Crippen LogP contribution in [-0.4, -0.2) is 10.8 Å². The standard InChI is InChI=1S/C19H17ClN2/c1-14-12-16(13-21-19-11-7-6-10-18(19)20)15(2)22(14)17-8-4-3-5-9-17/h3-13H,1-2H3. The molecule has 3 rings (SSSR count). The zero-order chi connectivity index (χ0) is 15.5. The van der Waals surface area contributed by atoms with Crippen LogP contribution < -0.4 is 0 Å². The molecule has 3 heteroatoms. The lowest BCUT2D eigenvalue weighted by atomic mass is 10.2. The van der Waals surface area contributed by atoms with Crippen LogP contribution in [0.4, 0.5) is 5.69 Å². The third-order valence-electron chi connectivity index (χ3n) is 3.68. The van der Waals surface area contributed by atoms with Gasteiger partial charge in [-0.15, -0.1) is 0 Å². The molecule has 0 atom stereocenters. The van der Waals surface area contributed by atoms with E-state index in [9.17, 15) is 0 Å². The van der Waals surface area contributed by atoms with Gasteiger partial charge in [0, 0.05) is 28.9 Å². The average molecular weight is 309 g/mol. The van der Waals surface area contributed by atoms with E-state index in [4.69, 9.17) is 11.6 Å². The number of para-hydroxylation sites is 2. The Hall–Kier alpha value is -2.32. The summed E-state index contributed by atoms with van der Waals surface area (Å²) >= 11 is 6.14. The van der Waals surface area contributed by atoms with Gasteiger partial charge < -0.3 is 4.57 Å². The predicted molar refractivity (Wildman–Crippen MR) is 93.9 cm³/mol. The molecule has 0 aliphatic heterocycles. The molecule has 0 saturated carbocycles. The summed E-state index contributed by atoms with van der Waals surface area (Å²) in [4.78, 5) is 4.51. The predicted octanol–water partition coefficient (Wildman–Crippen LogP) is 5.50. The molecule has 1 aromatic heterocycles. The number of hydrogen-bond acceptors (Lipinski definition) is 1. The van der Waals surface area contributed by atoms with E-state index in [1.54, 1.807) is 0 Å². The number of aryl methyl sites for hydroxylation is 1. The van der Waals surface area contributed by atoms with Crippen molar-refractivity contribution in [1.29, 1.82) is 0 Å². The second-order valence-electron chi connectivity index (χ2n) is 5.21. The van der Waals surface area contributed by atoms with Crippen molar-refractivity contribution in [3.63, 3.8) is 0 Å². The Morgan fingerprint density at radius 3 is 2.36 bits per heavy atom. The minimum atomic E-state index is 0.663. The molecule has 22 heavy (non-hydrogen) atoms. The molecule has 0 N–H and O–H groups in total. The summed E-state index contributed by atoms with van der Waals surface area (Å²) in [6.07, 6.45) is 1.88. The van der Waals surface area contributed by atoms with Crippen LogP contribution in [0.3, 0.4) is 0 Å². The van der Waals surface area contributed by atoms with Gasteiger partial charge in [0.15, 0.2) is 0 Å². The Labute approximate surface area is 135 Å². The fraction of sp³-hybridized carbons (Fsp3) is 0.105. The van der Waals surface area contributed by atoms with Crippen LogP contribution >= 0.6 is 11.6 Å². The number of aliphatic imine (C=N–C) groups is 1. The maximum Gasteiger partial charge on any atom is 0.0816 e. The molecule has 0 fully saturated rings. The smallest absolute Gasteiger partial charge is 0.0816 e. The SMILES string of the molecule is Cc1cc(C=Nc2ccccc2Cl)c(C)n1-c1ccccc1. The topological polar surface area (TPSA) is 17.3 Å². The number of halogens is 1. The van der Waals surface area contributed by atoms with E-state index in [0.29, 0.717) is 5.02 Å². The average Bonchev–Trinajstić information content (AvgIpc) is 2.81. The number of hydrogen-bond donors (Lipinski definition) is 0. The van der Waals surface area contributed by atoms with Crippen molar-refractivity contribution in [3.8, 4) is 5.69 Å². The van der Waals surface area contributed by atoms with Crippen LogP contribution in [0.25, 0.3) is 5.69 Å². The quantitative estimate of drug-likeness (QED) is 0.569. The van der Waals surface area contributed by atoms with Gasteiger partial charge in [-0.05, 0) is 44.2 Å². The summed E-state index contributed by atoms with van der Waals surface area (Å²) in [5.74, 6) is 0. The second kappa shape index (κ2) is 6.20. The lowest BCUT2D eigenvalue weighted by molar-refractivity contribution is 0.965. The molecule has 0 aliphatic carbocycles. The number of rotatable bonds is 3. The van der Waals surface area contributed by atoms with E-state index >= 15 is 0 Å². The van der Waals surface area contributed by atoms with E-state index < -0.39 is 0 Å². The summed E-state index contributed by atoms with van der Waals surface area (Å²) < 4.78 is 2.23. The first kappa shape index (κ1) is 14.6. The summed E-state index contributed by atoms with van der Waals surface area (Å²) in [5, 5.41) is 0.663. The largest absolute Gasteiger partial charge is 0.318 e. The Bertz CT molecular complexity index is 817. The fourth-order valence-corrected chi connectivity index (χ4v) is 2.77. The van der Waals surface area contributed by atoms with E-state index in [-0.39, 0.29) is 0 Å². The van der Waals surface area contributed by atoms with E-state index in [1.807, 2.05) is 48.7 Å². The van der Waals surface area contributed by atoms with Gasteiger partial charge in [0.2, 0.25) is 0 Å². The van der Waals surface area contributed by atoms with Gasteiger partial charge in [-0.25, -0.2) is 0 Å². The van der Waals surface area contributed by atoms with Crippen LogP contribution in [0.15, 0.2) is 65.7 Å². The fourth-order valence-electron chi connectivity index (χ4n) is 2.59. The zero-order valence-corrected chi connectivity index (χ0v) is 13.4. The third kappa shape index (κ3) is 2.83. The van der Waals surface area contributed by atoms with Crippen molar-refractivity contribution in [2.24, 2.45) is 4.99 Å². The Morgan fingerprint density at radius 1 is 0.955 bits per heavy atom. The molecule has 0 saturated heterocycles. The molecule has 0 radical (unpaired) electrons. The summed E-state index contributed by atoms with van der Waals surface area (Å²) in [6, 6.07) is 20.1. The van der Waals surface area contributed by atoms with E-state index in [2.05, 4.69) is 41.6 Å². The first-order valence-electron chi connectivity index (χ1n) is 7.20. The molecule has 2 nitrogen and oxygen atoms in total. The highest BCUT2D eigenvalue weighted by molar-refractivity contribution is 6.33. The highest BCUT2D eigenvalue weighted by Crippen LogP contribution is 2.25. The monoisotopic (exact) mass is 308 g/mol. The Morgan fingerprint density at radius 2 is 1.64 bits per heavy atom. The highest BCUT2D eigenvalue weighted by atomic mass is 35.5. The molecule has 0 unspecified atom stereocenters.